The van der Waals surface area contributed by atoms with Crippen LogP contribution in [0.3, 0.4) is 0 Å². The first kappa shape index (κ1) is 18.8. The largest absolute Gasteiger partial charge is 0.484 e. The molecule has 2 bridgehead atoms. The van der Waals surface area contributed by atoms with Gasteiger partial charge in [0.15, 0.2) is 6.61 Å². The second kappa shape index (κ2) is 8.23. The molecular weight excluding hydrogens is 352 g/mol. The van der Waals surface area contributed by atoms with Gasteiger partial charge in [0.2, 0.25) is 0 Å². The predicted molar refractivity (Wildman–Crippen MR) is 109 cm³/mol. The summed E-state index contributed by atoms with van der Waals surface area (Å²) in [4.78, 5) is 14.4. The van der Waals surface area contributed by atoms with Crippen molar-refractivity contribution in [3.05, 3.63) is 54.1 Å². The van der Waals surface area contributed by atoms with Gasteiger partial charge in [0.25, 0.3) is 5.91 Å². The van der Waals surface area contributed by atoms with Crippen molar-refractivity contribution in [2.45, 2.75) is 50.7 Å². The summed E-state index contributed by atoms with van der Waals surface area (Å²) < 4.78 is 11.5. The summed E-state index contributed by atoms with van der Waals surface area (Å²) >= 11 is 0. The lowest BCUT2D eigenvalue weighted by atomic mass is 9.98. The Hall–Kier alpha value is -2.53. The molecule has 0 aliphatic carbocycles. The first-order chi connectivity index (χ1) is 13.6. The van der Waals surface area contributed by atoms with Gasteiger partial charge in [-0.2, -0.15) is 0 Å². The van der Waals surface area contributed by atoms with Gasteiger partial charge < -0.3 is 19.7 Å². The Kier molecular flexibility index (Phi) is 5.53. The molecule has 2 aliphatic rings. The van der Waals surface area contributed by atoms with Crippen molar-refractivity contribution in [2.75, 3.05) is 13.7 Å². The summed E-state index contributed by atoms with van der Waals surface area (Å²) in [5.41, 5.74) is 1.20. The number of hydrogen-bond donors (Lipinski definition) is 1. The summed E-state index contributed by atoms with van der Waals surface area (Å²) in [6.07, 6.45) is 4.56. The molecule has 28 heavy (non-hydrogen) atoms. The van der Waals surface area contributed by atoms with E-state index in [9.17, 15) is 4.79 Å². The molecule has 0 radical (unpaired) electrons. The van der Waals surface area contributed by atoms with Crippen LogP contribution in [-0.4, -0.2) is 42.6 Å². The zero-order chi connectivity index (χ0) is 19.5. The third kappa shape index (κ3) is 4.47. The van der Waals surface area contributed by atoms with Gasteiger partial charge >= 0.3 is 0 Å². The molecule has 148 valence electrons. The molecule has 0 aromatic heterocycles. The number of likely N-dealkylation sites (N-methyl/N-ethyl adjacent to an activating group) is 1. The van der Waals surface area contributed by atoms with Gasteiger partial charge in [0.1, 0.15) is 17.2 Å². The fraction of sp³-hybridized carbons (Fsp3) is 0.435. The van der Waals surface area contributed by atoms with Crippen LogP contribution in [0.25, 0.3) is 0 Å². The van der Waals surface area contributed by atoms with Gasteiger partial charge in [-0.25, -0.2) is 0 Å². The highest BCUT2D eigenvalue weighted by Gasteiger charge is 2.36. The minimum atomic E-state index is 0.0336. The van der Waals surface area contributed by atoms with Gasteiger partial charge in [0, 0.05) is 25.2 Å². The number of nitrogens with zero attached hydrogens (tertiary/aromatic N) is 1. The first-order valence-corrected chi connectivity index (χ1v) is 10.1. The van der Waals surface area contributed by atoms with E-state index in [1.807, 2.05) is 67.4 Å². The zero-order valence-electron chi connectivity index (χ0n) is 16.6. The summed E-state index contributed by atoms with van der Waals surface area (Å²) in [6.45, 7) is 2.11. The molecule has 2 aromatic carbocycles. The minimum Gasteiger partial charge on any atom is -0.484 e. The van der Waals surface area contributed by atoms with Gasteiger partial charge in [-0.3, -0.25) is 4.79 Å². The van der Waals surface area contributed by atoms with E-state index in [4.69, 9.17) is 9.47 Å². The Labute approximate surface area is 166 Å². The van der Waals surface area contributed by atoms with Crippen LogP contribution < -0.4 is 14.8 Å². The Morgan fingerprint density at radius 3 is 2.11 bits per heavy atom. The number of carbonyl (C=O) groups excluding carboxylic acids is 1. The van der Waals surface area contributed by atoms with Gasteiger partial charge in [-0.05, 0) is 69.0 Å². The third-order valence-electron chi connectivity index (χ3n) is 5.83. The van der Waals surface area contributed by atoms with Crippen LogP contribution in [0.4, 0.5) is 0 Å². The van der Waals surface area contributed by atoms with Crippen LogP contribution in [0.2, 0.25) is 0 Å². The average molecular weight is 380 g/mol. The lowest BCUT2D eigenvalue weighted by Crippen LogP contribution is -2.49. The lowest BCUT2D eigenvalue weighted by molar-refractivity contribution is -0.134. The molecule has 0 spiro atoms. The molecule has 2 aromatic rings. The Morgan fingerprint density at radius 2 is 1.50 bits per heavy atom. The van der Waals surface area contributed by atoms with Crippen molar-refractivity contribution in [1.82, 2.24) is 10.2 Å². The number of ether oxygens (including phenoxy) is 2. The van der Waals surface area contributed by atoms with Crippen molar-refractivity contribution in [2.24, 2.45) is 0 Å². The molecular formula is C23H28N2O3. The van der Waals surface area contributed by atoms with E-state index in [0.717, 1.165) is 24.3 Å². The smallest absolute Gasteiger partial charge is 0.260 e. The topological polar surface area (TPSA) is 50.8 Å². The molecule has 5 heteroatoms. The first-order valence-electron chi connectivity index (χ1n) is 10.1. The maximum atomic E-state index is 12.5. The fourth-order valence-corrected chi connectivity index (χ4v) is 4.14. The van der Waals surface area contributed by atoms with Gasteiger partial charge in [-0.1, -0.05) is 17.7 Å². The maximum absolute atomic E-state index is 12.5. The molecule has 2 unspecified atom stereocenters. The molecule has 1 N–H and O–H groups in total. The van der Waals surface area contributed by atoms with Gasteiger partial charge in [-0.15, -0.1) is 0 Å². The average Bonchev–Trinajstić information content (AvgIpc) is 3.06. The lowest BCUT2D eigenvalue weighted by Gasteiger charge is -2.35. The number of fused-ring (bicyclic) bond motifs is 2. The van der Waals surface area contributed by atoms with E-state index in [0.29, 0.717) is 23.9 Å². The number of carbonyl (C=O) groups is 1. The van der Waals surface area contributed by atoms with Crippen molar-refractivity contribution < 1.29 is 14.3 Å². The summed E-state index contributed by atoms with van der Waals surface area (Å²) in [6, 6.07) is 16.8. The van der Waals surface area contributed by atoms with E-state index < -0.39 is 0 Å². The quantitative estimate of drug-likeness (QED) is 0.826. The SMILES string of the molecule is Cc1ccc(Oc2ccc(OCC(=O)N(C)C3CC4CCC(C3)N4)cc2)cc1. The Balaban J connectivity index is 1.27. The summed E-state index contributed by atoms with van der Waals surface area (Å²) in [5, 5.41) is 3.62. The van der Waals surface area contributed by atoms with Crippen LogP contribution >= 0.6 is 0 Å². The van der Waals surface area contributed by atoms with E-state index in [2.05, 4.69) is 5.32 Å². The number of benzene rings is 2. The highest BCUT2D eigenvalue weighted by molar-refractivity contribution is 5.77. The number of hydrogen-bond acceptors (Lipinski definition) is 4. The number of aryl methyl sites for hydroxylation is 1. The number of rotatable bonds is 6. The normalized spacial score (nSPS) is 23.3. The molecule has 2 heterocycles. The monoisotopic (exact) mass is 380 g/mol. The standard InChI is InChI=1S/C23H28N2O3/c1-16-3-7-21(8-4-16)28-22-11-9-20(10-12-22)27-15-23(26)25(2)19-13-17-5-6-18(14-19)24-17/h3-4,7-12,17-19,24H,5-6,13-15H2,1-2H3. The van der Waals surface area contributed by atoms with Crippen molar-refractivity contribution in [1.29, 1.82) is 0 Å². The van der Waals surface area contributed by atoms with E-state index >= 15 is 0 Å². The highest BCUT2D eigenvalue weighted by Crippen LogP contribution is 2.29. The zero-order valence-corrected chi connectivity index (χ0v) is 16.6. The molecule has 2 aliphatic heterocycles. The molecule has 2 atom stereocenters. The van der Waals surface area contributed by atoms with Crippen LogP contribution in [0.5, 0.6) is 17.2 Å². The Morgan fingerprint density at radius 1 is 0.964 bits per heavy atom. The van der Waals surface area contributed by atoms with Crippen LogP contribution in [0, 0.1) is 6.92 Å². The molecule has 2 fully saturated rings. The van der Waals surface area contributed by atoms with E-state index in [1.54, 1.807) is 0 Å². The number of piperidine rings is 1. The minimum absolute atomic E-state index is 0.0336. The number of amides is 1. The molecule has 0 saturated carbocycles. The van der Waals surface area contributed by atoms with Crippen molar-refractivity contribution >= 4 is 5.91 Å². The third-order valence-corrected chi connectivity index (χ3v) is 5.83. The van der Waals surface area contributed by atoms with Crippen LogP contribution in [0.15, 0.2) is 48.5 Å². The highest BCUT2D eigenvalue weighted by atomic mass is 16.5. The van der Waals surface area contributed by atoms with Crippen molar-refractivity contribution in [3.8, 4) is 17.2 Å². The number of nitrogens with one attached hydrogen (secondary N) is 1. The molecule has 1 amide bonds. The van der Waals surface area contributed by atoms with E-state index in [1.165, 1.54) is 18.4 Å². The van der Waals surface area contributed by atoms with Crippen LogP contribution in [0.1, 0.15) is 31.2 Å². The van der Waals surface area contributed by atoms with Gasteiger partial charge in [0.05, 0.1) is 0 Å². The fourth-order valence-electron chi connectivity index (χ4n) is 4.14. The van der Waals surface area contributed by atoms with Crippen molar-refractivity contribution in [3.63, 3.8) is 0 Å². The molecule has 4 rings (SSSR count). The summed E-state index contributed by atoms with van der Waals surface area (Å²) in [5.74, 6) is 2.24. The second-order valence-electron chi connectivity index (χ2n) is 7.94. The molecule has 2 saturated heterocycles. The maximum Gasteiger partial charge on any atom is 0.260 e. The predicted octanol–water partition coefficient (Wildman–Crippen LogP) is 3.91. The summed E-state index contributed by atoms with van der Waals surface area (Å²) in [7, 11) is 1.90. The second-order valence-corrected chi connectivity index (χ2v) is 7.94. The molecule has 5 nitrogen and oxygen atoms in total. The van der Waals surface area contributed by atoms with Crippen LogP contribution in [-0.2, 0) is 4.79 Å². The Bertz CT molecular complexity index is 792. The van der Waals surface area contributed by atoms with E-state index in [-0.39, 0.29) is 12.5 Å².